The van der Waals surface area contributed by atoms with Gasteiger partial charge in [0, 0.05) is 70.7 Å². The predicted molar refractivity (Wildman–Crippen MR) is 457 cm³/mol. The summed E-state index contributed by atoms with van der Waals surface area (Å²) in [5.41, 5.74) is 2.34. The first-order valence-corrected chi connectivity index (χ1v) is 53.8. The van der Waals surface area contributed by atoms with E-state index in [1.54, 1.807) is 53.2 Å². The van der Waals surface area contributed by atoms with Crippen molar-refractivity contribution in [1.82, 2.24) is 17.5 Å². The van der Waals surface area contributed by atoms with Crippen molar-refractivity contribution < 1.29 is 17.6 Å². The largest absolute Gasteiger partial charge is 0.204 e. The molecule has 0 N–H and O–H groups in total. The molecular weight excluding hydrogens is 1480 g/mol. The van der Waals surface area contributed by atoms with Gasteiger partial charge in [-0.25, -0.2) is 17.6 Å². The molecule has 11 heterocycles. The van der Waals surface area contributed by atoms with Crippen molar-refractivity contribution >= 4 is 169 Å². The number of benzene rings is 2. The summed E-state index contributed by atoms with van der Waals surface area (Å²) in [7, 11) is -7.71. The molecule has 3 aliphatic rings. The normalized spacial score (nSPS) is 19.1. The maximum absolute atomic E-state index is 16.7. The average molecular weight is 1590 g/mol. The number of aromatic nitrogens is 4. The number of hydrogen-bond donors (Lipinski definition) is 0. The Kier molecular flexibility index (Phi) is 25.6. The van der Waals surface area contributed by atoms with Crippen LogP contribution in [0.25, 0.3) is 91.7 Å². The molecule has 103 heavy (non-hydrogen) atoms. The van der Waals surface area contributed by atoms with E-state index in [-0.39, 0.29) is 11.1 Å². The molecule has 0 fully saturated rings. The zero-order valence-corrected chi connectivity index (χ0v) is 72.9. The second-order valence-electron chi connectivity index (χ2n) is 31.4. The molecule has 0 spiro atoms. The van der Waals surface area contributed by atoms with Gasteiger partial charge in [0.1, 0.15) is 46.3 Å². The van der Waals surface area contributed by atoms with E-state index in [4.69, 9.17) is 0 Å². The van der Waals surface area contributed by atoms with Gasteiger partial charge in [-0.3, -0.25) is 0 Å². The Labute approximate surface area is 648 Å². The van der Waals surface area contributed by atoms with Gasteiger partial charge in [-0.2, -0.15) is 17.5 Å². The van der Waals surface area contributed by atoms with Crippen LogP contribution < -0.4 is 31.1 Å². The lowest BCUT2D eigenvalue weighted by Gasteiger charge is -2.36. The molecule has 0 radical (unpaired) electrons. The van der Waals surface area contributed by atoms with Crippen molar-refractivity contribution in [3.8, 4) is 69.7 Å². The van der Waals surface area contributed by atoms with Gasteiger partial charge >= 0.3 is 0 Å². The van der Waals surface area contributed by atoms with Gasteiger partial charge in [-0.15, -0.1) is 68.0 Å². The van der Waals surface area contributed by atoms with Crippen LogP contribution in [0.15, 0.2) is 48.5 Å². The van der Waals surface area contributed by atoms with Gasteiger partial charge in [0.15, 0.2) is 23.3 Å². The maximum atomic E-state index is 16.7. The van der Waals surface area contributed by atoms with E-state index in [1.165, 1.54) is 226 Å². The Morgan fingerprint density at radius 3 is 0.718 bits per heavy atom. The topological polar surface area (TPSA) is 51.6 Å². The molecule has 3 aliphatic heterocycles. The zero-order chi connectivity index (χ0) is 72.5. The second-order valence-corrected chi connectivity index (χ2v) is 51.0. The summed E-state index contributed by atoms with van der Waals surface area (Å²) in [6, 6.07) is 25.5. The second kappa shape index (κ2) is 33.9. The van der Waals surface area contributed by atoms with Crippen molar-refractivity contribution in [3.63, 3.8) is 0 Å². The monoisotopic (exact) mass is 1590 g/mol. The average Bonchev–Trinajstić information content (AvgIpc) is 1.54. The zero-order valence-electron chi connectivity index (χ0n) is 63.4. The molecule has 0 saturated heterocycles. The van der Waals surface area contributed by atoms with E-state index < -0.39 is 47.5 Å². The number of fused-ring (bicyclic) bond motifs is 11. The lowest BCUT2D eigenvalue weighted by atomic mass is 10.0. The molecule has 8 aromatic heterocycles. The van der Waals surface area contributed by atoms with Crippen molar-refractivity contribution in [2.24, 2.45) is 35.5 Å². The van der Waals surface area contributed by atoms with Gasteiger partial charge in [0.2, 0.25) is 0 Å². The number of thiophene rings is 6. The van der Waals surface area contributed by atoms with E-state index in [0.717, 1.165) is 58.9 Å². The van der Waals surface area contributed by atoms with Crippen molar-refractivity contribution in [2.75, 3.05) is 0 Å². The van der Waals surface area contributed by atoms with Crippen molar-refractivity contribution in [1.29, 1.82) is 0 Å². The van der Waals surface area contributed by atoms with Gasteiger partial charge in [0.05, 0.1) is 34.6 Å². The van der Waals surface area contributed by atoms with Crippen molar-refractivity contribution in [3.05, 3.63) is 71.8 Å². The Hall–Kier alpha value is -3.35. The third-order valence-corrected chi connectivity index (χ3v) is 51.2. The minimum atomic E-state index is -2.59. The first kappa shape index (κ1) is 77.8. The first-order chi connectivity index (χ1) is 50.1. The molecule has 0 aliphatic carbocycles. The molecule has 554 valence electrons. The van der Waals surface area contributed by atoms with E-state index >= 15 is 17.6 Å². The lowest BCUT2D eigenvalue weighted by Crippen LogP contribution is -2.57. The van der Waals surface area contributed by atoms with Crippen LogP contribution in [0.4, 0.5) is 17.6 Å². The molecule has 0 amide bonds. The highest BCUT2D eigenvalue weighted by molar-refractivity contribution is 7.37. The van der Waals surface area contributed by atoms with Crippen molar-refractivity contribution in [2.45, 2.75) is 273 Å². The minimum Gasteiger partial charge on any atom is -0.204 e. The molecule has 0 saturated carbocycles. The number of halogens is 4. The summed E-state index contributed by atoms with van der Waals surface area (Å²) in [4.78, 5) is 15.7. The highest BCUT2D eigenvalue weighted by atomic mass is 32.1. The molecular formula is C84H110F4N4S8Si3. The highest BCUT2D eigenvalue weighted by Gasteiger charge is 2.55. The van der Waals surface area contributed by atoms with Gasteiger partial charge in [0.25, 0.3) is 0 Å². The Balaban J connectivity index is 1.02. The molecule has 0 bridgehead atoms. The van der Waals surface area contributed by atoms with Gasteiger partial charge in [-0.05, 0) is 139 Å². The number of hydrogen-bond acceptors (Lipinski definition) is 12. The van der Waals surface area contributed by atoms with Crippen LogP contribution in [0.5, 0.6) is 0 Å². The van der Waals surface area contributed by atoms with Crippen LogP contribution in [-0.4, -0.2) is 41.7 Å². The summed E-state index contributed by atoms with van der Waals surface area (Å²) >= 11 is 13.7. The third-order valence-electron chi connectivity index (χ3n) is 25.1. The van der Waals surface area contributed by atoms with E-state index in [9.17, 15) is 0 Å². The van der Waals surface area contributed by atoms with E-state index in [0.29, 0.717) is 57.6 Å². The summed E-state index contributed by atoms with van der Waals surface area (Å²) in [6.07, 6.45) is 28.9. The van der Waals surface area contributed by atoms with Crippen LogP contribution in [0.3, 0.4) is 0 Å². The minimum absolute atomic E-state index is 0.281. The molecule has 10 aromatic rings. The molecule has 2 aromatic carbocycles. The number of unbranched alkanes of at least 4 members (excludes halogenated alkanes) is 6. The Morgan fingerprint density at radius 1 is 0.291 bits per heavy atom. The molecule has 4 nitrogen and oxygen atoms in total. The van der Waals surface area contributed by atoms with E-state index in [2.05, 4.69) is 160 Å². The standard InChI is InChI=1S/C84H110F4N4S8Si3/c1-13-25-31-51(19-7)45-101(46-52(20-8)32-26-14-2)67-39-61(63-41-69-81(95-63)83-71(43-65(97-83)73-75(87)57(85)37-59-77(73)91-99-89-59)102(69,47-53(21-9)33-27-15-3)48-54(22-10)34-28-16-4)93-79(67)80-68(101)40-62(94-80)64-42-70-82(96-64)84-72(44-66(98-84)74-76(88)58(86)38-60-78(74)92-100-90-60)103(70,49-55(23-11)35-29-17-5)50-56(24-12)36-30-18-6/h37-44,51-56H,13-36,45-50H2,1-12H3. The van der Waals surface area contributed by atoms with Crippen LogP contribution in [0.2, 0.25) is 36.3 Å². The predicted octanol–water partition coefficient (Wildman–Crippen LogP) is 27.2. The molecule has 19 heteroatoms. The SMILES string of the molecule is CCCCC(CC)C[Si]1(CC(CC)CCCC)c2cc(-c3cc4c(s3)-c3sc(-c5c(F)c(F)cc6nsnc56)cc3[Si]4(CC(CC)CCCC)CC(CC)CCCC)sc2-c2sc(-c3cc4c(s3)-c3sc(-c5c(F)c(F)cc6nsnc56)cc3[Si]4(CC(CC)CCCC)CC(CC)CCCC)cc21. The Morgan fingerprint density at radius 2 is 0.505 bits per heavy atom. The quantitative estimate of drug-likeness (QED) is 0.0284. The molecule has 13 rings (SSSR count). The first-order valence-electron chi connectivity index (χ1n) is 40.2. The van der Waals surface area contributed by atoms with E-state index in [1.807, 2.05) is 22.7 Å². The highest BCUT2D eigenvalue weighted by Crippen LogP contribution is 2.56. The van der Waals surface area contributed by atoms with Crippen LogP contribution in [0, 0.1) is 58.8 Å². The summed E-state index contributed by atoms with van der Waals surface area (Å²) < 4.78 is 83.4. The van der Waals surface area contributed by atoms with Gasteiger partial charge in [-0.1, -0.05) is 237 Å². The fourth-order valence-electron chi connectivity index (χ4n) is 19.0. The fraction of sp³-hybridized carbons (Fsp3) is 0.571. The summed E-state index contributed by atoms with van der Waals surface area (Å²) in [5.74, 6) is 0.235. The number of rotatable bonds is 40. The lowest BCUT2D eigenvalue weighted by molar-refractivity contribution is 0.469. The Bertz CT molecular complexity index is 4220. The summed E-state index contributed by atoms with van der Waals surface area (Å²) in [5, 5.41) is 9.57. The summed E-state index contributed by atoms with van der Waals surface area (Å²) in [6.45, 7) is 28.8. The smallest absolute Gasteiger partial charge is 0.169 e. The number of nitrogens with zero attached hydrogens (tertiary/aromatic N) is 4. The maximum Gasteiger partial charge on any atom is 0.169 e. The van der Waals surface area contributed by atoms with Crippen LogP contribution in [-0.2, 0) is 0 Å². The molecule has 6 atom stereocenters. The van der Waals surface area contributed by atoms with Crippen LogP contribution in [0.1, 0.15) is 237 Å². The fourth-order valence-corrected chi connectivity index (χ4v) is 51.5. The van der Waals surface area contributed by atoms with Crippen LogP contribution >= 0.6 is 91.5 Å². The van der Waals surface area contributed by atoms with Gasteiger partial charge < -0.3 is 0 Å². The third kappa shape index (κ3) is 14.7. The molecule has 6 unspecified atom stereocenters.